The summed E-state index contributed by atoms with van der Waals surface area (Å²) in [5.41, 5.74) is 7.29. The van der Waals surface area contributed by atoms with Crippen molar-refractivity contribution in [1.82, 2.24) is 15.1 Å². The first-order chi connectivity index (χ1) is 9.34. The molecule has 5 heteroatoms. The van der Waals surface area contributed by atoms with Crippen LogP contribution in [0.3, 0.4) is 0 Å². The first-order valence-corrected chi connectivity index (χ1v) is 6.51. The maximum atomic E-state index is 12.7. The summed E-state index contributed by atoms with van der Waals surface area (Å²) in [5, 5.41) is 7.76. The van der Waals surface area contributed by atoms with Crippen LogP contribution in [0, 0.1) is 0 Å². The summed E-state index contributed by atoms with van der Waals surface area (Å²) in [6.07, 6.45) is 1.71. The second kappa shape index (κ2) is 5.00. The van der Waals surface area contributed by atoms with Gasteiger partial charge in [-0.05, 0) is 39.0 Å². The number of benzene rings is 1. The summed E-state index contributed by atoms with van der Waals surface area (Å²) in [6.45, 7) is 10.1. The molecular weight excluding hydrogens is 252 g/mol. The van der Waals surface area contributed by atoms with E-state index in [0.717, 1.165) is 10.9 Å². The molecule has 0 spiro atoms. The van der Waals surface area contributed by atoms with E-state index in [1.54, 1.807) is 23.1 Å². The number of carbonyl (C=O) groups excluding carboxylic acids is 1. The third kappa shape index (κ3) is 2.52. The number of aromatic amines is 1. The molecule has 0 aliphatic heterocycles. The Bertz CT molecular complexity index is 651. The molecule has 0 unspecified atom stereocenters. The van der Waals surface area contributed by atoms with E-state index >= 15 is 0 Å². The standard InChI is InChI=1S/C15H20N4O/c1-5-8-19(15(2,3)4)14(20)13-11-9-10(16)6-7-12(11)17-18-13/h5-7,9H,1,8,16H2,2-4H3,(H,17,18). The molecule has 0 saturated carbocycles. The van der Waals surface area contributed by atoms with Gasteiger partial charge in [0.05, 0.1) is 5.52 Å². The van der Waals surface area contributed by atoms with Crippen molar-refractivity contribution in [3.05, 3.63) is 36.5 Å². The van der Waals surface area contributed by atoms with Crippen LogP contribution >= 0.6 is 0 Å². The third-order valence-electron chi connectivity index (χ3n) is 3.16. The average molecular weight is 272 g/mol. The number of nitrogens with zero attached hydrogens (tertiary/aromatic N) is 2. The predicted octanol–water partition coefficient (Wildman–Crippen LogP) is 2.57. The highest BCUT2D eigenvalue weighted by Crippen LogP contribution is 2.23. The number of rotatable bonds is 3. The molecule has 2 rings (SSSR count). The smallest absolute Gasteiger partial charge is 0.275 e. The van der Waals surface area contributed by atoms with E-state index in [4.69, 9.17) is 5.73 Å². The molecular formula is C15H20N4O. The van der Waals surface area contributed by atoms with Crippen LogP contribution in [0.4, 0.5) is 5.69 Å². The minimum absolute atomic E-state index is 0.130. The fourth-order valence-corrected chi connectivity index (χ4v) is 2.11. The molecule has 3 N–H and O–H groups in total. The number of aromatic nitrogens is 2. The zero-order valence-corrected chi connectivity index (χ0v) is 12.1. The van der Waals surface area contributed by atoms with Crippen molar-refractivity contribution >= 4 is 22.5 Å². The van der Waals surface area contributed by atoms with Crippen molar-refractivity contribution in [2.24, 2.45) is 0 Å². The number of hydrogen-bond acceptors (Lipinski definition) is 3. The van der Waals surface area contributed by atoms with Gasteiger partial charge in [-0.2, -0.15) is 5.10 Å². The normalized spacial score (nSPS) is 11.6. The van der Waals surface area contributed by atoms with E-state index in [2.05, 4.69) is 16.8 Å². The summed E-state index contributed by atoms with van der Waals surface area (Å²) in [4.78, 5) is 14.5. The minimum atomic E-state index is -0.309. The molecule has 0 radical (unpaired) electrons. The number of anilines is 1. The maximum Gasteiger partial charge on any atom is 0.275 e. The second-order valence-corrected chi connectivity index (χ2v) is 5.75. The summed E-state index contributed by atoms with van der Waals surface area (Å²) in [6, 6.07) is 5.37. The van der Waals surface area contributed by atoms with Gasteiger partial charge in [0.1, 0.15) is 0 Å². The minimum Gasteiger partial charge on any atom is -0.399 e. The lowest BCUT2D eigenvalue weighted by atomic mass is 10.0. The van der Waals surface area contributed by atoms with Gasteiger partial charge in [-0.1, -0.05) is 6.08 Å². The summed E-state index contributed by atoms with van der Waals surface area (Å²) in [7, 11) is 0. The number of nitrogens with two attached hydrogens (primary N) is 1. The van der Waals surface area contributed by atoms with E-state index < -0.39 is 0 Å². The molecule has 0 aliphatic rings. The van der Waals surface area contributed by atoms with E-state index in [1.807, 2.05) is 26.8 Å². The van der Waals surface area contributed by atoms with Gasteiger partial charge >= 0.3 is 0 Å². The molecule has 0 atom stereocenters. The molecule has 106 valence electrons. The van der Waals surface area contributed by atoms with E-state index in [9.17, 15) is 4.79 Å². The quantitative estimate of drug-likeness (QED) is 0.666. The van der Waals surface area contributed by atoms with E-state index in [-0.39, 0.29) is 11.4 Å². The number of amides is 1. The van der Waals surface area contributed by atoms with Crippen molar-refractivity contribution < 1.29 is 4.79 Å². The second-order valence-electron chi connectivity index (χ2n) is 5.75. The van der Waals surface area contributed by atoms with Gasteiger partial charge < -0.3 is 10.6 Å². The molecule has 1 amide bonds. The highest BCUT2D eigenvalue weighted by molar-refractivity contribution is 6.05. The Morgan fingerprint density at radius 3 is 2.80 bits per heavy atom. The van der Waals surface area contributed by atoms with Gasteiger partial charge in [0.15, 0.2) is 5.69 Å². The van der Waals surface area contributed by atoms with Crippen LogP contribution in [0.15, 0.2) is 30.9 Å². The predicted molar refractivity (Wildman–Crippen MR) is 81.5 cm³/mol. The van der Waals surface area contributed by atoms with Crippen LogP contribution in [-0.4, -0.2) is 33.1 Å². The summed E-state index contributed by atoms with van der Waals surface area (Å²) in [5.74, 6) is -0.130. The van der Waals surface area contributed by atoms with Crippen LogP contribution in [0.1, 0.15) is 31.3 Å². The van der Waals surface area contributed by atoms with Crippen LogP contribution in [-0.2, 0) is 0 Å². The summed E-state index contributed by atoms with van der Waals surface area (Å²) < 4.78 is 0. The first kappa shape index (κ1) is 14.1. The van der Waals surface area contributed by atoms with Gasteiger partial charge in [-0.25, -0.2) is 0 Å². The largest absolute Gasteiger partial charge is 0.399 e. The van der Waals surface area contributed by atoms with Gasteiger partial charge in [0.2, 0.25) is 0 Å². The monoisotopic (exact) mass is 272 g/mol. The van der Waals surface area contributed by atoms with Crippen molar-refractivity contribution in [2.75, 3.05) is 12.3 Å². The van der Waals surface area contributed by atoms with E-state index in [0.29, 0.717) is 17.9 Å². The lowest BCUT2D eigenvalue weighted by Crippen LogP contribution is -2.45. The molecule has 1 heterocycles. The molecule has 1 aromatic carbocycles. The molecule has 20 heavy (non-hydrogen) atoms. The lowest BCUT2D eigenvalue weighted by molar-refractivity contribution is 0.0612. The fraction of sp³-hybridized carbons (Fsp3) is 0.333. The maximum absolute atomic E-state index is 12.7. The Morgan fingerprint density at radius 2 is 2.20 bits per heavy atom. The van der Waals surface area contributed by atoms with Gasteiger partial charge in [0, 0.05) is 23.2 Å². The van der Waals surface area contributed by atoms with Crippen LogP contribution in [0.2, 0.25) is 0 Å². The van der Waals surface area contributed by atoms with Crippen molar-refractivity contribution in [3.8, 4) is 0 Å². The first-order valence-electron chi connectivity index (χ1n) is 6.51. The molecule has 0 aliphatic carbocycles. The third-order valence-corrected chi connectivity index (χ3v) is 3.16. The summed E-state index contributed by atoms with van der Waals surface area (Å²) >= 11 is 0. The highest BCUT2D eigenvalue weighted by Gasteiger charge is 2.28. The zero-order chi connectivity index (χ0) is 14.9. The molecule has 5 nitrogen and oxygen atoms in total. The number of carbonyl (C=O) groups is 1. The molecule has 2 aromatic rings. The number of nitrogen functional groups attached to an aromatic ring is 1. The number of hydrogen-bond donors (Lipinski definition) is 2. The lowest BCUT2D eigenvalue weighted by Gasteiger charge is -2.34. The Morgan fingerprint density at radius 1 is 1.50 bits per heavy atom. The molecule has 0 fully saturated rings. The van der Waals surface area contributed by atoms with Crippen LogP contribution in [0.25, 0.3) is 10.9 Å². The molecule has 1 aromatic heterocycles. The molecule has 0 saturated heterocycles. The Labute approximate surface area is 118 Å². The SMILES string of the molecule is C=CCN(C(=O)c1n[nH]c2ccc(N)cc12)C(C)(C)C. The number of H-pyrrole nitrogens is 1. The van der Waals surface area contributed by atoms with Crippen molar-refractivity contribution in [2.45, 2.75) is 26.3 Å². The van der Waals surface area contributed by atoms with E-state index in [1.165, 1.54) is 0 Å². The highest BCUT2D eigenvalue weighted by atomic mass is 16.2. The zero-order valence-electron chi connectivity index (χ0n) is 12.1. The van der Waals surface area contributed by atoms with Gasteiger partial charge in [-0.15, -0.1) is 6.58 Å². The van der Waals surface area contributed by atoms with Crippen LogP contribution < -0.4 is 5.73 Å². The van der Waals surface area contributed by atoms with Crippen LogP contribution in [0.5, 0.6) is 0 Å². The number of nitrogens with one attached hydrogen (secondary N) is 1. The van der Waals surface area contributed by atoms with Crippen molar-refractivity contribution in [1.29, 1.82) is 0 Å². The van der Waals surface area contributed by atoms with Gasteiger partial charge in [-0.3, -0.25) is 9.89 Å². The Kier molecular flexibility index (Phi) is 3.53. The average Bonchev–Trinajstić information content (AvgIpc) is 2.76. The van der Waals surface area contributed by atoms with Gasteiger partial charge in [0.25, 0.3) is 5.91 Å². The number of fused-ring (bicyclic) bond motifs is 1. The fourth-order valence-electron chi connectivity index (χ4n) is 2.11. The van der Waals surface area contributed by atoms with Crippen molar-refractivity contribution in [3.63, 3.8) is 0 Å². The Balaban J connectivity index is 2.49. The molecule has 0 bridgehead atoms. The Hall–Kier alpha value is -2.30. The topological polar surface area (TPSA) is 75.0 Å².